The lowest BCUT2D eigenvalue weighted by atomic mass is 10.2. The molecule has 1 radical (unpaired) electrons. The Hall–Kier alpha value is -0.990. The summed E-state index contributed by atoms with van der Waals surface area (Å²) in [5.41, 5.74) is 6.61. The van der Waals surface area contributed by atoms with E-state index in [1.54, 1.807) is 0 Å². The maximum atomic E-state index is 5.86. The SMILES string of the molecule is NCCn1[c]cc2cc(Cl)ccc21. The predicted octanol–water partition coefficient (Wildman–Crippen LogP) is 2.05. The molecule has 1 aromatic heterocycles. The van der Waals surface area contributed by atoms with Gasteiger partial charge in [-0.2, -0.15) is 0 Å². The van der Waals surface area contributed by atoms with Gasteiger partial charge in [0.05, 0.1) is 6.20 Å². The highest BCUT2D eigenvalue weighted by Gasteiger charge is 2.00. The normalized spacial score (nSPS) is 10.9. The molecule has 1 heterocycles. The number of fused-ring (bicyclic) bond motifs is 1. The van der Waals surface area contributed by atoms with Gasteiger partial charge in [0, 0.05) is 29.0 Å². The third kappa shape index (κ3) is 1.55. The van der Waals surface area contributed by atoms with E-state index in [0.29, 0.717) is 6.54 Å². The summed E-state index contributed by atoms with van der Waals surface area (Å²) >= 11 is 5.86. The van der Waals surface area contributed by atoms with Gasteiger partial charge in [-0.25, -0.2) is 0 Å². The summed E-state index contributed by atoms with van der Waals surface area (Å²) in [5, 5.41) is 1.87. The zero-order chi connectivity index (χ0) is 9.26. The number of aromatic nitrogens is 1. The highest BCUT2D eigenvalue weighted by molar-refractivity contribution is 6.31. The van der Waals surface area contributed by atoms with Crippen molar-refractivity contribution in [3.63, 3.8) is 0 Å². The lowest BCUT2D eigenvalue weighted by Gasteiger charge is -2.01. The van der Waals surface area contributed by atoms with Gasteiger partial charge in [0.2, 0.25) is 0 Å². The maximum Gasteiger partial charge on any atom is 0.0659 e. The van der Waals surface area contributed by atoms with E-state index >= 15 is 0 Å². The summed E-state index contributed by atoms with van der Waals surface area (Å²) in [4.78, 5) is 0. The number of rotatable bonds is 2. The quantitative estimate of drug-likeness (QED) is 0.778. The molecule has 0 unspecified atom stereocenters. The van der Waals surface area contributed by atoms with Crippen molar-refractivity contribution >= 4 is 22.5 Å². The molecule has 0 bridgehead atoms. The Morgan fingerprint density at radius 3 is 3.08 bits per heavy atom. The van der Waals surface area contributed by atoms with Crippen molar-refractivity contribution in [1.82, 2.24) is 4.57 Å². The molecule has 0 fully saturated rings. The van der Waals surface area contributed by atoms with E-state index in [4.69, 9.17) is 17.3 Å². The lowest BCUT2D eigenvalue weighted by molar-refractivity contribution is 0.731. The Morgan fingerprint density at radius 2 is 2.31 bits per heavy atom. The second kappa shape index (κ2) is 3.40. The fourth-order valence-electron chi connectivity index (χ4n) is 1.42. The second-order valence-electron chi connectivity index (χ2n) is 2.92. The van der Waals surface area contributed by atoms with Crippen LogP contribution in [0.25, 0.3) is 10.9 Å². The zero-order valence-corrected chi connectivity index (χ0v) is 7.88. The van der Waals surface area contributed by atoms with Crippen LogP contribution in [-0.2, 0) is 6.54 Å². The monoisotopic (exact) mass is 193 g/mol. The van der Waals surface area contributed by atoms with Crippen LogP contribution in [0.1, 0.15) is 0 Å². The summed E-state index contributed by atoms with van der Waals surface area (Å²) in [6.45, 7) is 1.42. The molecular weight excluding hydrogens is 184 g/mol. The summed E-state index contributed by atoms with van der Waals surface area (Å²) in [6, 6.07) is 7.73. The van der Waals surface area contributed by atoms with E-state index < -0.39 is 0 Å². The summed E-state index contributed by atoms with van der Waals surface area (Å²) < 4.78 is 2.01. The predicted molar refractivity (Wildman–Crippen MR) is 54.8 cm³/mol. The molecule has 0 aliphatic rings. The van der Waals surface area contributed by atoms with Gasteiger partial charge < -0.3 is 10.3 Å². The second-order valence-corrected chi connectivity index (χ2v) is 3.35. The molecule has 1 aromatic carbocycles. The van der Waals surface area contributed by atoms with E-state index in [1.807, 2.05) is 28.8 Å². The molecule has 0 amide bonds. The zero-order valence-electron chi connectivity index (χ0n) is 7.13. The molecule has 13 heavy (non-hydrogen) atoms. The standard InChI is InChI=1S/C10H10ClN2/c11-9-1-2-10-8(7-9)3-5-13(10)6-4-12/h1-3,7H,4,6,12H2. The Labute approximate surface area is 81.9 Å². The third-order valence-corrected chi connectivity index (χ3v) is 2.24. The molecule has 0 saturated heterocycles. The fraction of sp³-hybridized carbons (Fsp3) is 0.200. The highest BCUT2D eigenvalue weighted by atomic mass is 35.5. The maximum absolute atomic E-state index is 5.86. The van der Waals surface area contributed by atoms with Crippen molar-refractivity contribution in [1.29, 1.82) is 0 Å². The Balaban J connectivity index is 2.55. The average molecular weight is 194 g/mol. The molecule has 0 atom stereocenters. The molecule has 0 aliphatic carbocycles. The van der Waals surface area contributed by atoms with Crippen LogP contribution in [0.15, 0.2) is 24.3 Å². The van der Waals surface area contributed by atoms with Crippen molar-refractivity contribution < 1.29 is 0 Å². The Morgan fingerprint density at radius 1 is 1.46 bits per heavy atom. The minimum atomic E-state index is 0.628. The largest absolute Gasteiger partial charge is 0.338 e. The van der Waals surface area contributed by atoms with Crippen LogP contribution in [0, 0.1) is 6.20 Å². The molecule has 0 spiro atoms. The van der Waals surface area contributed by atoms with Crippen molar-refractivity contribution in [2.24, 2.45) is 5.73 Å². The molecule has 2 N–H and O–H groups in total. The van der Waals surface area contributed by atoms with Crippen LogP contribution >= 0.6 is 11.6 Å². The number of hydrogen-bond donors (Lipinski definition) is 1. The fourth-order valence-corrected chi connectivity index (χ4v) is 1.60. The molecule has 2 nitrogen and oxygen atoms in total. The van der Waals surface area contributed by atoms with Gasteiger partial charge in [-0.1, -0.05) is 11.6 Å². The van der Waals surface area contributed by atoms with Crippen molar-refractivity contribution in [2.45, 2.75) is 6.54 Å². The molecule has 0 saturated carbocycles. The van der Waals surface area contributed by atoms with Gasteiger partial charge in [0.15, 0.2) is 0 Å². The lowest BCUT2D eigenvalue weighted by Crippen LogP contribution is -2.08. The highest BCUT2D eigenvalue weighted by Crippen LogP contribution is 2.19. The van der Waals surface area contributed by atoms with Gasteiger partial charge >= 0.3 is 0 Å². The van der Waals surface area contributed by atoms with Gasteiger partial charge in [0.25, 0.3) is 0 Å². The van der Waals surface area contributed by atoms with Crippen molar-refractivity contribution in [3.8, 4) is 0 Å². The third-order valence-electron chi connectivity index (χ3n) is 2.01. The molecular formula is C10H10ClN2. The molecule has 2 rings (SSSR count). The van der Waals surface area contributed by atoms with E-state index in [9.17, 15) is 0 Å². The van der Waals surface area contributed by atoms with E-state index in [0.717, 1.165) is 22.5 Å². The number of nitrogens with zero attached hydrogens (tertiary/aromatic N) is 1. The van der Waals surface area contributed by atoms with Gasteiger partial charge in [-0.3, -0.25) is 0 Å². The topological polar surface area (TPSA) is 30.9 Å². The van der Waals surface area contributed by atoms with Crippen LogP contribution in [-0.4, -0.2) is 11.1 Å². The van der Waals surface area contributed by atoms with Crippen molar-refractivity contribution in [3.05, 3.63) is 35.5 Å². The molecule has 0 aliphatic heterocycles. The van der Waals surface area contributed by atoms with Crippen molar-refractivity contribution in [2.75, 3.05) is 6.54 Å². The Kier molecular flexibility index (Phi) is 2.25. The van der Waals surface area contributed by atoms with Crippen LogP contribution in [0.4, 0.5) is 0 Å². The number of halogens is 1. The average Bonchev–Trinajstić information content (AvgIpc) is 2.49. The first-order valence-corrected chi connectivity index (χ1v) is 4.55. The summed E-state index contributed by atoms with van der Waals surface area (Å²) in [6.07, 6.45) is 3.12. The van der Waals surface area contributed by atoms with Crippen LogP contribution in [0.3, 0.4) is 0 Å². The van der Waals surface area contributed by atoms with Crippen LogP contribution in [0.5, 0.6) is 0 Å². The van der Waals surface area contributed by atoms with Gasteiger partial charge in [-0.15, -0.1) is 0 Å². The molecule has 67 valence electrons. The van der Waals surface area contributed by atoms with Crippen LogP contribution < -0.4 is 5.73 Å². The first-order chi connectivity index (χ1) is 6.31. The number of benzene rings is 1. The van der Waals surface area contributed by atoms with E-state index in [-0.39, 0.29) is 0 Å². The smallest absolute Gasteiger partial charge is 0.0659 e. The Bertz CT molecular complexity index is 420. The van der Waals surface area contributed by atoms with Gasteiger partial charge in [-0.05, 0) is 24.3 Å². The van der Waals surface area contributed by atoms with E-state index in [1.165, 1.54) is 0 Å². The molecule has 2 aromatic rings. The summed E-state index contributed by atoms with van der Waals surface area (Å²) in [5.74, 6) is 0. The minimum Gasteiger partial charge on any atom is -0.338 e. The van der Waals surface area contributed by atoms with Gasteiger partial charge in [0.1, 0.15) is 0 Å². The minimum absolute atomic E-state index is 0.628. The first kappa shape index (κ1) is 8.60. The van der Waals surface area contributed by atoms with Crippen LogP contribution in [0.2, 0.25) is 5.02 Å². The van der Waals surface area contributed by atoms with E-state index in [2.05, 4.69) is 6.20 Å². The number of nitrogens with two attached hydrogens (primary N) is 1. The summed E-state index contributed by atoms with van der Waals surface area (Å²) in [7, 11) is 0. The molecule has 3 heteroatoms. The number of hydrogen-bond acceptors (Lipinski definition) is 1. The first-order valence-electron chi connectivity index (χ1n) is 4.18.